The molecule has 0 unspecified atom stereocenters. The summed E-state index contributed by atoms with van der Waals surface area (Å²) in [5, 5.41) is 7.40. The van der Waals surface area contributed by atoms with Crippen LogP contribution in [0.5, 0.6) is 0 Å². The third-order valence-electron chi connectivity index (χ3n) is 5.99. The standard InChI is InChI=1S/C28H25FN6O/c1-17(2)20-11-7-19(8-12-20)16-32-35-26(30)24(28(36)31-15-18-9-13-21(29)14-10-18)25-27(35)34-23-6-4-3-5-22(23)33-25/h3-14,16-17H,15,30H2,1-2H3,(H,31,36)/b32-16-. The summed E-state index contributed by atoms with van der Waals surface area (Å²) < 4.78 is 14.7. The Labute approximate surface area is 207 Å². The molecule has 0 saturated heterocycles. The predicted octanol–water partition coefficient (Wildman–Crippen LogP) is 5.24. The van der Waals surface area contributed by atoms with E-state index in [4.69, 9.17) is 10.7 Å². The van der Waals surface area contributed by atoms with Gasteiger partial charge in [0.25, 0.3) is 5.91 Å². The van der Waals surface area contributed by atoms with E-state index in [0.29, 0.717) is 28.1 Å². The highest BCUT2D eigenvalue weighted by molar-refractivity contribution is 6.10. The Morgan fingerprint density at radius 1 is 1.03 bits per heavy atom. The van der Waals surface area contributed by atoms with Gasteiger partial charge in [0.05, 0.1) is 17.2 Å². The molecule has 0 spiro atoms. The maximum absolute atomic E-state index is 13.2. The van der Waals surface area contributed by atoms with E-state index in [0.717, 1.165) is 11.1 Å². The van der Waals surface area contributed by atoms with Crippen molar-refractivity contribution in [2.24, 2.45) is 5.10 Å². The first-order valence-corrected chi connectivity index (χ1v) is 11.6. The smallest absolute Gasteiger partial charge is 0.257 e. The number of aromatic nitrogens is 3. The highest BCUT2D eigenvalue weighted by Gasteiger charge is 2.24. The molecule has 2 heterocycles. The Balaban J connectivity index is 1.55. The number of nitrogen functional groups attached to an aromatic ring is 1. The van der Waals surface area contributed by atoms with E-state index in [1.54, 1.807) is 18.3 Å². The average Bonchev–Trinajstić information content (AvgIpc) is 3.15. The number of carbonyl (C=O) groups excluding carboxylic acids is 1. The van der Waals surface area contributed by atoms with Crippen LogP contribution in [0, 0.1) is 5.82 Å². The number of anilines is 1. The highest BCUT2D eigenvalue weighted by atomic mass is 19.1. The molecule has 5 aromatic rings. The lowest BCUT2D eigenvalue weighted by atomic mass is 10.0. The SMILES string of the molecule is CC(C)c1ccc(/C=N\n2c(N)c(C(=O)NCc3ccc(F)cc3)c3nc4ccccc4nc32)cc1. The number of hydrogen-bond donors (Lipinski definition) is 2. The second kappa shape index (κ2) is 9.58. The number of carbonyl (C=O) groups is 1. The van der Waals surface area contributed by atoms with E-state index in [1.807, 2.05) is 36.4 Å². The lowest BCUT2D eigenvalue weighted by Crippen LogP contribution is -2.23. The largest absolute Gasteiger partial charge is 0.383 e. The third kappa shape index (κ3) is 4.53. The Hall–Kier alpha value is -4.59. The molecule has 5 rings (SSSR count). The minimum absolute atomic E-state index is 0.131. The van der Waals surface area contributed by atoms with Crippen molar-refractivity contribution in [1.82, 2.24) is 20.0 Å². The van der Waals surface area contributed by atoms with Gasteiger partial charge in [-0.15, -0.1) is 0 Å². The van der Waals surface area contributed by atoms with Crippen LogP contribution in [0.15, 0.2) is 77.9 Å². The lowest BCUT2D eigenvalue weighted by molar-refractivity contribution is 0.0953. The fraction of sp³-hybridized carbons (Fsp3) is 0.143. The van der Waals surface area contributed by atoms with E-state index >= 15 is 0 Å². The molecule has 0 aliphatic carbocycles. The third-order valence-corrected chi connectivity index (χ3v) is 5.99. The fourth-order valence-electron chi connectivity index (χ4n) is 3.95. The zero-order valence-corrected chi connectivity index (χ0v) is 19.9. The Morgan fingerprint density at radius 3 is 2.36 bits per heavy atom. The Morgan fingerprint density at radius 2 is 1.69 bits per heavy atom. The van der Waals surface area contributed by atoms with Crippen LogP contribution in [-0.2, 0) is 6.54 Å². The van der Waals surface area contributed by atoms with Gasteiger partial charge in [0, 0.05) is 6.54 Å². The fourth-order valence-corrected chi connectivity index (χ4v) is 3.95. The maximum atomic E-state index is 13.2. The maximum Gasteiger partial charge on any atom is 0.257 e. The number of nitrogens with zero attached hydrogens (tertiary/aromatic N) is 4. The molecule has 0 fully saturated rings. The van der Waals surface area contributed by atoms with Crippen molar-refractivity contribution >= 4 is 40.1 Å². The van der Waals surface area contributed by atoms with Crippen molar-refractivity contribution in [1.29, 1.82) is 0 Å². The van der Waals surface area contributed by atoms with E-state index in [9.17, 15) is 9.18 Å². The zero-order valence-electron chi connectivity index (χ0n) is 19.9. The summed E-state index contributed by atoms with van der Waals surface area (Å²) in [5.74, 6) is -0.190. The summed E-state index contributed by atoms with van der Waals surface area (Å²) in [7, 11) is 0. The molecule has 3 N–H and O–H groups in total. The molecule has 0 aliphatic heterocycles. The number of nitrogens with two attached hydrogens (primary N) is 1. The van der Waals surface area contributed by atoms with Crippen LogP contribution in [0.2, 0.25) is 0 Å². The van der Waals surface area contributed by atoms with Gasteiger partial charge in [-0.05, 0) is 46.9 Å². The van der Waals surface area contributed by atoms with Crippen molar-refractivity contribution in [3.63, 3.8) is 0 Å². The summed E-state index contributed by atoms with van der Waals surface area (Å²) in [6.45, 7) is 4.49. The van der Waals surface area contributed by atoms with Crippen LogP contribution in [0.4, 0.5) is 10.2 Å². The molecular weight excluding hydrogens is 455 g/mol. The van der Waals surface area contributed by atoms with E-state index < -0.39 is 5.91 Å². The molecule has 1 amide bonds. The van der Waals surface area contributed by atoms with E-state index in [1.165, 1.54) is 22.4 Å². The van der Waals surface area contributed by atoms with Gasteiger partial charge in [0.2, 0.25) is 0 Å². The van der Waals surface area contributed by atoms with Crippen molar-refractivity contribution in [2.45, 2.75) is 26.3 Å². The first kappa shape index (κ1) is 23.2. The molecule has 8 heteroatoms. The van der Waals surface area contributed by atoms with E-state index in [-0.39, 0.29) is 23.7 Å². The molecular formula is C28H25FN6O. The summed E-state index contributed by atoms with van der Waals surface area (Å²) in [5.41, 5.74) is 11.6. The number of rotatable bonds is 6. The number of halogens is 1. The van der Waals surface area contributed by atoms with Gasteiger partial charge in [-0.3, -0.25) is 4.79 Å². The second-order valence-corrected chi connectivity index (χ2v) is 8.83. The summed E-state index contributed by atoms with van der Waals surface area (Å²) in [6.07, 6.45) is 1.68. The van der Waals surface area contributed by atoms with Gasteiger partial charge in [-0.25, -0.2) is 14.4 Å². The first-order chi connectivity index (χ1) is 17.4. The predicted molar refractivity (Wildman–Crippen MR) is 141 cm³/mol. The molecule has 0 bridgehead atoms. The number of nitrogens with one attached hydrogen (secondary N) is 1. The van der Waals surface area contributed by atoms with Gasteiger partial charge >= 0.3 is 0 Å². The number of hydrogen-bond acceptors (Lipinski definition) is 5. The minimum Gasteiger partial charge on any atom is -0.383 e. The topological polar surface area (TPSA) is 98.2 Å². The molecule has 180 valence electrons. The van der Waals surface area contributed by atoms with Crippen LogP contribution < -0.4 is 11.1 Å². The molecule has 0 aliphatic rings. The second-order valence-electron chi connectivity index (χ2n) is 8.83. The van der Waals surface area contributed by atoms with Crippen LogP contribution in [0.1, 0.15) is 46.8 Å². The van der Waals surface area contributed by atoms with Gasteiger partial charge in [-0.1, -0.05) is 62.4 Å². The van der Waals surface area contributed by atoms with Gasteiger partial charge < -0.3 is 11.1 Å². The normalized spacial score (nSPS) is 11.7. The van der Waals surface area contributed by atoms with Crippen LogP contribution in [0.3, 0.4) is 0 Å². The lowest BCUT2D eigenvalue weighted by Gasteiger charge is -2.06. The number of fused-ring (bicyclic) bond motifs is 2. The molecule has 36 heavy (non-hydrogen) atoms. The Kier molecular flexibility index (Phi) is 6.16. The molecule has 2 aromatic heterocycles. The summed E-state index contributed by atoms with van der Waals surface area (Å²) in [4.78, 5) is 22.6. The van der Waals surface area contributed by atoms with Crippen molar-refractivity contribution in [3.05, 3.63) is 101 Å². The van der Waals surface area contributed by atoms with Crippen molar-refractivity contribution in [2.75, 3.05) is 5.73 Å². The zero-order chi connectivity index (χ0) is 25.2. The molecule has 0 saturated carbocycles. The number of benzene rings is 3. The number of amides is 1. The molecule has 3 aromatic carbocycles. The molecule has 0 radical (unpaired) electrons. The van der Waals surface area contributed by atoms with Crippen LogP contribution in [0.25, 0.3) is 22.2 Å². The van der Waals surface area contributed by atoms with Gasteiger partial charge in [0.1, 0.15) is 22.7 Å². The Bertz CT molecular complexity index is 1590. The average molecular weight is 481 g/mol. The van der Waals surface area contributed by atoms with Crippen LogP contribution in [-0.4, -0.2) is 26.8 Å². The van der Waals surface area contributed by atoms with Crippen molar-refractivity contribution in [3.8, 4) is 0 Å². The monoisotopic (exact) mass is 480 g/mol. The van der Waals surface area contributed by atoms with E-state index in [2.05, 4.69) is 41.4 Å². The first-order valence-electron chi connectivity index (χ1n) is 11.6. The minimum atomic E-state index is -0.415. The summed E-state index contributed by atoms with van der Waals surface area (Å²) >= 11 is 0. The number of para-hydroxylation sites is 2. The van der Waals surface area contributed by atoms with Crippen molar-refractivity contribution < 1.29 is 9.18 Å². The molecule has 7 nitrogen and oxygen atoms in total. The summed E-state index contributed by atoms with van der Waals surface area (Å²) in [6, 6.07) is 21.4. The van der Waals surface area contributed by atoms with Gasteiger partial charge in [-0.2, -0.15) is 9.78 Å². The van der Waals surface area contributed by atoms with Crippen LogP contribution >= 0.6 is 0 Å². The van der Waals surface area contributed by atoms with Gasteiger partial charge in [0.15, 0.2) is 5.65 Å². The molecule has 0 atom stereocenters. The quantitative estimate of drug-likeness (QED) is 0.325. The highest BCUT2D eigenvalue weighted by Crippen LogP contribution is 2.28.